The van der Waals surface area contributed by atoms with E-state index in [1.807, 2.05) is 11.8 Å². The number of nitrogens with zero attached hydrogens (tertiary/aromatic N) is 3. The molecule has 0 saturated carbocycles. The molecule has 3 atom stereocenters. The topological polar surface area (TPSA) is 104 Å². The summed E-state index contributed by atoms with van der Waals surface area (Å²) in [5.74, 6) is -1.05. The summed E-state index contributed by atoms with van der Waals surface area (Å²) in [6, 6.07) is 10.7. The van der Waals surface area contributed by atoms with Gasteiger partial charge >= 0.3 is 11.9 Å². The minimum atomic E-state index is -1.82. The van der Waals surface area contributed by atoms with Gasteiger partial charge in [-0.25, -0.2) is 9.59 Å². The van der Waals surface area contributed by atoms with Gasteiger partial charge in [0, 0.05) is 19.0 Å². The normalized spacial score (nSPS) is 22.5. The van der Waals surface area contributed by atoms with Gasteiger partial charge in [-0.1, -0.05) is 30.3 Å². The molecular weight excluding hydrogens is 398 g/mol. The first kappa shape index (κ1) is 20.8. The van der Waals surface area contributed by atoms with Gasteiger partial charge in [-0.3, -0.25) is 0 Å². The maximum Gasteiger partial charge on any atom is 0.414 e. The van der Waals surface area contributed by atoms with Crippen LogP contribution in [-0.2, 0) is 16.0 Å². The summed E-state index contributed by atoms with van der Waals surface area (Å²) < 4.78 is 9.20. The van der Waals surface area contributed by atoms with Crippen molar-refractivity contribution in [1.29, 1.82) is 0 Å². The van der Waals surface area contributed by atoms with Crippen molar-refractivity contribution in [2.24, 2.45) is 5.92 Å². The Balaban J connectivity index is 0.000000330. The van der Waals surface area contributed by atoms with Gasteiger partial charge in [-0.05, 0) is 43.0 Å². The summed E-state index contributed by atoms with van der Waals surface area (Å²) in [7, 11) is 0. The lowest BCUT2D eigenvalue weighted by molar-refractivity contribution is -0.159. The van der Waals surface area contributed by atoms with Crippen LogP contribution < -0.4 is 0 Å². The van der Waals surface area contributed by atoms with E-state index in [-0.39, 0.29) is 0 Å². The van der Waals surface area contributed by atoms with Crippen molar-refractivity contribution in [3.8, 4) is 0 Å². The average Bonchev–Trinajstić information content (AvgIpc) is 3.43. The van der Waals surface area contributed by atoms with Crippen LogP contribution in [0.4, 0.5) is 0 Å². The van der Waals surface area contributed by atoms with Crippen LogP contribution in [0.5, 0.6) is 0 Å². The van der Waals surface area contributed by atoms with Crippen molar-refractivity contribution in [3.05, 3.63) is 41.6 Å². The lowest BCUT2D eigenvalue weighted by Gasteiger charge is -2.20. The van der Waals surface area contributed by atoms with Crippen molar-refractivity contribution in [3.63, 3.8) is 0 Å². The Hall–Kier alpha value is -1.97. The lowest BCUT2D eigenvalue weighted by atomic mass is 9.90. The summed E-state index contributed by atoms with van der Waals surface area (Å²) in [4.78, 5) is 20.8. The van der Waals surface area contributed by atoms with Crippen LogP contribution in [0, 0.1) is 5.92 Å². The molecule has 7 nitrogen and oxygen atoms in total. The number of rotatable bonds is 6. The van der Waals surface area contributed by atoms with E-state index < -0.39 is 11.9 Å². The highest BCUT2D eigenvalue weighted by Crippen LogP contribution is 2.42. The van der Waals surface area contributed by atoms with Crippen molar-refractivity contribution in [2.75, 3.05) is 25.4 Å². The highest BCUT2D eigenvalue weighted by atomic mass is 32.2. The fraction of sp³-hybridized carbons (Fsp3) is 0.474. The second-order valence-corrected chi connectivity index (χ2v) is 8.53. The van der Waals surface area contributed by atoms with Crippen LogP contribution >= 0.6 is 23.5 Å². The van der Waals surface area contributed by atoms with Crippen LogP contribution in [-0.4, -0.2) is 61.2 Å². The molecule has 1 aromatic carbocycles. The van der Waals surface area contributed by atoms with Crippen molar-refractivity contribution >= 4 is 35.4 Å². The third-order valence-electron chi connectivity index (χ3n) is 5.04. The molecule has 3 unspecified atom stereocenters. The molecule has 0 radical (unpaired) electrons. The van der Waals surface area contributed by atoms with Gasteiger partial charge in [0.1, 0.15) is 5.03 Å². The Morgan fingerprint density at radius 3 is 2.50 bits per heavy atom. The van der Waals surface area contributed by atoms with E-state index in [1.165, 1.54) is 60.5 Å². The number of carboxylic acids is 2. The number of aryl methyl sites for hydroxylation is 1. The zero-order chi connectivity index (χ0) is 19.9. The first-order chi connectivity index (χ1) is 13.5. The van der Waals surface area contributed by atoms with Gasteiger partial charge in [0.25, 0.3) is 0 Å². The molecular formula is C19H23N3O4S2. The number of fused-ring (bicyclic) bond motifs is 2. The first-order valence-corrected chi connectivity index (χ1v) is 10.9. The van der Waals surface area contributed by atoms with Crippen molar-refractivity contribution < 1.29 is 19.8 Å². The van der Waals surface area contributed by atoms with Crippen LogP contribution in [0.3, 0.4) is 0 Å². The van der Waals surface area contributed by atoms with E-state index in [0.29, 0.717) is 5.92 Å². The second-order valence-electron chi connectivity index (χ2n) is 6.92. The van der Waals surface area contributed by atoms with Gasteiger partial charge in [-0.15, -0.1) is 11.8 Å². The maximum absolute atomic E-state index is 9.10. The lowest BCUT2D eigenvalue weighted by Crippen LogP contribution is -2.22. The summed E-state index contributed by atoms with van der Waals surface area (Å²) in [5, 5.41) is 16.0. The number of benzene rings is 1. The summed E-state index contributed by atoms with van der Waals surface area (Å²) in [6.45, 7) is 3.77. The molecule has 150 valence electrons. The predicted octanol–water partition coefficient (Wildman–Crippen LogP) is 2.84. The van der Waals surface area contributed by atoms with Crippen molar-refractivity contribution in [2.45, 2.75) is 30.2 Å². The highest BCUT2D eigenvalue weighted by Gasteiger charge is 2.41. The largest absolute Gasteiger partial charge is 0.473 e. The minimum Gasteiger partial charge on any atom is -0.473 e. The van der Waals surface area contributed by atoms with E-state index in [4.69, 9.17) is 19.8 Å². The predicted molar refractivity (Wildman–Crippen MR) is 108 cm³/mol. The molecule has 2 N–H and O–H groups in total. The van der Waals surface area contributed by atoms with E-state index in [2.05, 4.69) is 44.0 Å². The number of aliphatic carboxylic acids is 2. The quantitative estimate of drug-likeness (QED) is 0.417. The van der Waals surface area contributed by atoms with E-state index in [1.54, 1.807) is 0 Å². The Labute approximate surface area is 172 Å². The third kappa shape index (κ3) is 5.52. The number of hydrogen-bond donors (Lipinski definition) is 2. The summed E-state index contributed by atoms with van der Waals surface area (Å²) in [5.41, 5.74) is 2.72. The van der Waals surface area contributed by atoms with Crippen LogP contribution in [0.2, 0.25) is 0 Å². The number of hydrogen-bond acceptors (Lipinski definition) is 7. The SMILES string of the molecule is O=C(O)C(=O)O.c1ccc(CCCSc2nsnc2C2CN3CCC2C3)cc1. The molecule has 2 aliphatic heterocycles. The van der Waals surface area contributed by atoms with E-state index in [9.17, 15) is 0 Å². The second kappa shape index (κ2) is 9.99. The number of carbonyl (C=O) groups is 2. The number of carboxylic acid groups (broad SMARTS) is 2. The molecule has 0 aliphatic carbocycles. The van der Waals surface area contributed by atoms with E-state index in [0.717, 1.165) is 18.1 Å². The third-order valence-corrected chi connectivity index (χ3v) is 6.77. The summed E-state index contributed by atoms with van der Waals surface area (Å²) >= 11 is 3.30. The van der Waals surface area contributed by atoms with Crippen molar-refractivity contribution in [1.82, 2.24) is 13.6 Å². The van der Waals surface area contributed by atoms with Crippen LogP contribution in [0.1, 0.15) is 30.0 Å². The smallest absolute Gasteiger partial charge is 0.414 e. The first-order valence-electron chi connectivity index (χ1n) is 9.22. The average molecular weight is 422 g/mol. The number of piperidine rings is 1. The molecule has 9 heteroatoms. The Kier molecular flexibility index (Phi) is 7.41. The maximum atomic E-state index is 9.10. The Bertz CT molecular complexity index is 787. The molecule has 2 aromatic rings. The van der Waals surface area contributed by atoms with Gasteiger partial charge < -0.3 is 15.1 Å². The molecule has 1 aromatic heterocycles. The fourth-order valence-corrected chi connectivity index (χ4v) is 5.41. The highest BCUT2D eigenvalue weighted by molar-refractivity contribution is 7.99. The van der Waals surface area contributed by atoms with Gasteiger partial charge in [0.2, 0.25) is 0 Å². The molecule has 0 amide bonds. The molecule has 28 heavy (non-hydrogen) atoms. The molecule has 0 spiro atoms. The Morgan fingerprint density at radius 1 is 1.14 bits per heavy atom. The standard InChI is InChI=1S/C17H21N3S2.C2H2O4/c1-2-5-13(6-3-1)7-4-10-21-17-16(18-22-19-17)15-12-20-9-8-14(15)11-20;3-1(4)2(5)6/h1-3,5-6,14-15H,4,7-12H2;(H,3,4)(H,5,6). The molecule has 2 fully saturated rings. The van der Waals surface area contributed by atoms with Crippen LogP contribution in [0.15, 0.2) is 35.4 Å². The molecule has 2 bridgehead atoms. The van der Waals surface area contributed by atoms with E-state index >= 15 is 0 Å². The molecule has 2 aliphatic rings. The number of aromatic nitrogens is 2. The van der Waals surface area contributed by atoms with Gasteiger partial charge in [0.15, 0.2) is 0 Å². The van der Waals surface area contributed by atoms with Gasteiger partial charge in [-0.2, -0.15) is 8.75 Å². The summed E-state index contributed by atoms with van der Waals surface area (Å²) in [6.07, 6.45) is 3.70. The zero-order valence-corrected chi connectivity index (χ0v) is 17.0. The fourth-order valence-electron chi connectivity index (χ4n) is 3.70. The minimum absolute atomic E-state index is 0.643. The molecule has 4 rings (SSSR count). The van der Waals surface area contributed by atoms with Gasteiger partial charge in [0.05, 0.1) is 17.4 Å². The Morgan fingerprint density at radius 2 is 1.89 bits per heavy atom. The zero-order valence-electron chi connectivity index (χ0n) is 15.4. The molecule has 2 saturated heterocycles. The number of thioether (sulfide) groups is 1. The molecule has 3 heterocycles. The monoisotopic (exact) mass is 421 g/mol. The van der Waals surface area contributed by atoms with Crippen LogP contribution in [0.25, 0.3) is 0 Å².